The summed E-state index contributed by atoms with van der Waals surface area (Å²) in [4.78, 5) is 0. The molecule has 2 atom stereocenters. The van der Waals surface area contributed by atoms with Gasteiger partial charge in [0.1, 0.15) is 0 Å². The van der Waals surface area contributed by atoms with Gasteiger partial charge in [0.2, 0.25) is 0 Å². The maximum atomic E-state index is 9.85. The summed E-state index contributed by atoms with van der Waals surface area (Å²) in [5, 5.41) is 18.9. The third-order valence-corrected chi connectivity index (χ3v) is 3.91. The second-order valence-corrected chi connectivity index (χ2v) is 5.54. The Morgan fingerprint density at radius 3 is 1.72 bits per heavy atom. The molecule has 0 rings (SSSR count). The highest BCUT2D eigenvalue weighted by molar-refractivity contribution is 4.66. The van der Waals surface area contributed by atoms with E-state index in [0.717, 1.165) is 19.3 Å². The van der Waals surface area contributed by atoms with Crippen molar-refractivity contribution in [3.63, 3.8) is 0 Å². The van der Waals surface area contributed by atoms with E-state index in [1.807, 2.05) is 6.92 Å². The van der Waals surface area contributed by atoms with Crippen molar-refractivity contribution < 1.29 is 10.2 Å². The third-order valence-electron chi connectivity index (χ3n) is 3.91. The van der Waals surface area contributed by atoms with Crippen LogP contribution in [-0.4, -0.2) is 22.9 Å². The Balaban J connectivity index is 3.24. The summed E-state index contributed by atoms with van der Waals surface area (Å²) >= 11 is 0. The Morgan fingerprint density at radius 1 is 0.778 bits per heavy atom. The van der Waals surface area contributed by atoms with E-state index in [9.17, 15) is 5.11 Å². The Kier molecular flexibility index (Phi) is 13.3. The van der Waals surface area contributed by atoms with Gasteiger partial charge in [-0.05, 0) is 12.8 Å². The minimum atomic E-state index is -0.301. The van der Waals surface area contributed by atoms with Crippen LogP contribution in [0.3, 0.4) is 0 Å². The lowest BCUT2D eigenvalue weighted by Gasteiger charge is -2.18. The molecule has 0 spiro atoms. The number of hydrogen-bond donors (Lipinski definition) is 2. The molecule has 0 aliphatic heterocycles. The van der Waals surface area contributed by atoms with Crippen molar-refractivity contribution in [3.8, 4) is 0 Å². The normalized spacial score (nSPS) is 14.7. The van der Waals surface area contributed by atoms with Gasteiger partial charge in [-0.3, -0.25) is 0 Å². The van der Waals surface area contributed by atoms with E-state index in [2.05, 4.69) is 6.92 Å². The van der Waals surface area contributed by atoms with Gasteiger partial charge in [0.15, 0.2) is 0 Å². The predicted molar refractivity (Wildman–Crippen MR) is 78.7 cm³/mol. The van der Waals surface area contributed by atoms with Crippen LogP contribution in [0.4, 0.5) is 0 Å². The van der Waals surface area contributed by atoms with E-state index >= 15 is 0 Å². The van der Waals surface area contributed by atoms with Crippen molar-refractivity contribution in [2.75, 3.05) is 6.61 Å². The van der Waals surface area contributed by atoms with Gasteiger partial charge >= 0.3 is 0 Å². The van der Waals surface area contributed by atoms with E-state index < -0.39 is 0 Å². The van der Waals surface area contributed by atoms with E-state index in [1.54, 1.807) is 0 Å². The molecule has 2 nitrogen and oxygen atoms in total. The highest BCUT2D eigenvalue weighted by atomic mass is 16.3. The summed E-state index contributed by atoms with van der Waals surface area (Å²) < 4.78 is 0. The first-order chi connectivity index (χ1) is 8.76. The zero-order valence-electron chi connectivity index (χ0n) is 12.5. The molecule has 0 saturated carbocycles. The highest BCUT2D eigenvalue weighted by Crippen LogP contribution is 2.16. The molecule has 0 aromatic rings. The second kappa shape index (κ2) is 13.4. The van der Waals surface area contributed by atoms with Gasteiger partial charge in [-0.15, -0.1) is 0 Å². The predicted octanol–water partition coefficient (Wildman–Crippen LogP) is 4.29. The molecular weight excluding hydrogens is 224 g/mol. The van der Waals surface area contributed by atoms with Gasteiger partial charge in [-0.25, -0.2) is 0 Å². The molecule has 0 heterocycles. The highest BCUT2D eigenvalue weighted by Gasteiger charge is 2.15. The maximum absolute atomic E-state index is 9.85. The number of unbranched alkanes of at least 4 members (excludes halogenated alkanes) is 8. The number of rotatable bonds is 13. The molecule has 0 amide bonds. The number of aliphatic hydroxyl groups is 2. The minimum Gasteiger partial charge on any atom is -0.396 e. The van der Waals surface area contributed by atoms with Crippen molar-refractivity contribution in [1.29, 1.82) is 0 Å². The summed E-state index contributed by atoms with van der Waals surface area (Å²) in [6.07, 6.45) is 13.3. The molecule has 0 fully saturated rings. The monoisotopic (exact) mass is 258 g/mol. The molecule has 0 radical (unpaired) electrons. The van der Waals surface area contributed by atoms with Crippen LogP contribution in [0.25, 0.3) is 0 Å². The lowest BCUT2D eigenvalue weighted by Crippen LogP contribution is -2.22. The molecule has 110 valence electrons. The smallest absolute Gasteiger partial charge is 0.0590 e. The average Bonchev–Trinajstić information content (AvgIpc) is 2.38. The fraction of sp³-hybridized carbons (Fsp3) is 1.00. The summed E-state index contributed by atoms with van der Waals surface area (Å²) in [5.74, 6) is 0.0824. The number of aliphatic hydroxyl groups excluding tert-OH is 2. The van der Waals surface area contributed by atoms with Crippen LogP contribution in [0.1, 0.15) is 84.5 Å². The van der Waals surface area contributed by atoms with E-state index in [0.29, 0.717) is 0 Å². The Morgan fingerprint density at radius 2 is 1.28 bits per heavy atom. The van der Waals surface area contributed by atoms with Gasteiger partial charge in [0, 0.05) is 12.5 Å². The third kappa shape index (κ3) is 9.90. The molecule has 0 aliphatic rings. The van der Waals surface area contributed by atoms with Crippen LogP contribution < -0.4 is 0 Å². The first-order valence-corrected chi connectivity index (χ1v) is 8.05. The van der Waals surface area contributed by atoms with Crippen molar-refractivity contribution >= 4 is 0 Å². The van der Waals surface area contributed by atoms with Crippen LogP contribution in [0, 0.1) is 5.92 Å². The van der Waals surface area contributed by atoms with Crippen molar-refractivity contribution in [2.45, 2.75) is 90.6 Å². The van der Waals surface area contributed by atoms with Crippen molar-refractivity contribution in [1.82, 2.24) is 0 Å². The average molecular weight is 258 g/mol. The summed E-state index contributed by atoms with van der Waals surface area (Å²) in [5.41, 5.74) is 0. The van der Waals surface area contributed by atoms with Gasteiger partial charge in [0.25, 0.3) is 0 Å². The molecule has 0 aliphatic carbocycles. The first kappa shape index (κ1) is 17.9. The quantitative estimate of drug-likeness (QED) is 0.484. The summed E-state index contributed by atoms with van der Waals surface area (Å²) in [7, 11) is 0. The Labute approximate surface area is 114 Å². The standard InChI is InChI=1S/C16H34O2/c1-3-5-6-7-8-9-10-11-12-13-16(18)15(4-2)14-17/h15-18H,3-14H2,1-2H3. The minimum absolute atomic E-state index is 0.0824. The molecule has 0 aromatic heterocycles. The largest absolute Gasteiger partial charge is 0.396 e. The fourth-order valence-electron chi connectivity index (χ4n) is 2.42. The van der Waals surface area contributed by atoms with Crippen molar-refractivity contribution in [3.05, 3.63) is 0 Å². The van der Waals surface area contributed by atoms with Crippen LogP contribution in [-0.2, 0) is 0 Å². The number of hydrogen-bond acceptors (Lipinski definition) is 2. The molecule has 2 unspecified atom stereocenters. The van der Waals surface area contributed by atoms with Gasteiger partial charge in [-0.1, -0.05) is 71.6 Å². The van der Waals surface area contributed by atoms with Crippen LogP contribution in [0.2, 0.25) is 0 Å². The molecule has 0 saturated heterocycles. The summed E-state index contributed by atoms with van der Waals surface area (Å²) in [6, 6.07) is 0. The van der Waals surface area contributed by atoms with Crippen LogP contribution >= 0.6 is 0 Å². The van der Waals surface area contributed by atoms with Crippen molar-refractivity contribution in [2.24, 2.45) is 5.92 Å². The lowest BCUT2D eigenvalue weighted by atomic mass is 9.95. The molecule has 2 heteroatoms. The van der Waals surface area contributed by atoms with E-state index in [4.69, 9.17) is 5.11 Å². The van der Waals surface area contributed by atoms with Crippen LogP contribution in [0.5, 0.6) is 0 Å². The molecular formula is C16H34O2. The summed E-state index contributed by atoms with van der Waals surface area (Å²) in [6.45, 7) is 4.40. The zero-order valence-corrected chi connectivity index (χ0v) is 12.5. The van der Waals surface area contributed by atoms with Gasteiger partial charge < -0.3 is 10.2 Å². The molecule has 0 bridgehead atoms. The van der Waals surface area contributed by atoms with Gasteiger partial charge in [0.05, 0.1) is 6.10 Å². The SMILES string of the molecule is CCCCCCCCCCCC(O)C(CC)CO. The zero-order chi connectivity index (χ0) is 13.6. The molecule has 2 N–H and O–H groups in total. The fourth-order valence-corrected chi connectivity index (χ4v) is 2.42. The van der Waals surface area contributed by atoms with E-state index in [-0.39, 0.29) is 18.6 Å². The van der Waals surface area contributed by atoms with Gasteiger partial charge in [-0.2, -0.15) is 0 Å². The topological polar surface area (TPSA) is 40.5 Å². The maximum Gasteiger partial charge on any atom is 0.0590 e. The Hall–Kier alpha value is -0.0800. The Bertz CT molecular complexity index is 155. The van der Waals surface area contributed by atoms with Crippen LogP contribution in [0.15, 0.2) is 0 Å². The molecule has 0 aromatic carbocycles. The van der Waals surface area contributed by atoms with E-state index in [1.165, 1.54) is 51.4 Å². The second-order valence-electron chi connectivity index (χ2n) is 5.54. The lowest BCUT2D eigenvalue weighted by molar-refractivity contribution is 0.0569. The molecule has 18 heavy (non-hydrogen) atoms. The first-order valence-electron chi connectivity index (χ1n) is 8.05.